The van der Waals surface area contributed by atoms with E-state index in [4.69, 9.17) is 0 Å². The number of imidazole rings is 1. The molecule has 1 amide bonds. The Morgan fingerprint density at radius 3 is 2.58 bits per heavy atom. The van der Waals surface area contributed by atoms with Gasteiger partial charge in [-0.15, -0.1) is 12.4 Å². The molecule has 1 aromatic heterocycles. The molecule has 3 rings (SSSR count). The normalized spacial score (nSPS) is 25.6. The minimum Gasteiger partial charge on any atom is -0.348 e. The average molecular weight is 417 g/mol. The number of aromatic amines is 1. The Balaban J connectivity index is 0.00000243. The van der Waals surface area contributed by atoms with Gasteiger partial charge in [0.05, 0.1) is 30.5 Å². The molecule has 12 heteroatoms. The number of nitrogens with one attached hydrogen (secondary N) is 1. The summed E-state index contributed by atoms with van der Waals surface area (Å²) in [5.41, 5.74) is 0. The van der Waals surface area contributed by atoms with Crippen LogP contribution in [-0.2, 0) is 21.2 Å². The third-order valence-electron chi connectivity index (χ3n) is 4.64. The summed E-state index contributed by atoms with van der Waals surface area (Å²) in [6, 6.07) is -1.02. The number of sulfone groups is 1. The summed E-state index contributed by atoms with van der Waals surface area (Å²) in [6.07, 6.45) is -2.99. The van der Waals surface area contributed by atoms with Crippen molar-refractivity contribution in [3.63, 3.8) is 0 Å². The molecule has 2 aliphatic rings. The second-order valence-corrected chi connectivity index (χ2v) is 8.57. The fourth-order valence-corrected chi connectivity index (χ4v) is 5.51. The summed E-state index contributed by atoms with van der Waals surface area (Å²) in [6.45, 7) is 1.03. The summed E-state index contributed by atoms with van der Waals surface area (Å²) in [5.74, 6) is -0.257. The van der Waals surface area contributed by atoms with Crippen LogP contribution in [0.2, 0.25) is 0 Å². The monoisotopic (exact) mass is 416 g/mol. The smallest absolute Gasteiger partial charge is 0.348 e. The Bertz CT molecular complexity index is 726. The lowest BCUT2D eigenvalue weighted by Gasteiger charge is -2.43. The van der Waals surface area contributed by atoms with E-state index >= 15 is 0 Å². The summed E-state index contributed by atoms with van der Waals surface area (Å²) >= 11 is 0. The quantitative estimate of drug-likeness (QED) is 0.790. The van der Waals surface area contributed by atoms with Crippen LogP contribution in [0.15, 0.2) is 12.4 Å². The minimum atomic E-state index is -4.40. The molecule has 148 valence electrons. The van der Waals surface area contributed by atoms with E-state index in [0.29, 0.717) is 18.9 Å². The van der Waals surface area contributed by atoms with E-state index in [0.717, 1.165) is 0 Å². The number of aromatic nitrogens is 2. The van der Waals surface area contributed by atoms with Crippen LogP contribution >= 0.6 is 12.4 Å². The molecule has 2 atom stereocenters. The molecular formula is C14H20ClF3N4O3S. The minimum absolute atomic E-state index is 0. The van der Waals surface area contributed by atoms with Gasteiger partial charge in [-0.2, -0.15) is 13.2 Å². The van der Waals surface area contributed by atoms with E-state index < -0.39 is 46.8 Å². The van der Waals surface area contributed by atoms with Gasteiger partial charge in [0.25, 0.3) is 0 Å². The highest BCUT2D eigenvalue weighted by atomic mass is 35.5. The summed E-state index contributed by atoms with van der Waals surface area (Å²) < 4.78 is 61.2. The number of carbonyl (C=O) groups is 1. The number of H-pyrrole nitrogens is 1. The number of hydrogen-bond acceptors (Lipinski definition) is 5. The summed E-state index contributed by atoms with van der Waals surface area (Å²) in [5, 5.41) is 0. The van der Waals surface area contributed by atoms with Crippen molar-refractivity contribution in [2.24, 2.45) is 0 Å². The molecule has 1 N–H and O–H groups in total. The molecule has 3 heterocycles. The largest absolute Gasteiger partial charge is 0.389 e. The van der Waals surface area contributed by atoms with Crippen LogP contribution in [0.1, 0.15) is 18.7 Å². The highest BCUT2D eigenvalue weighted by molar-refractivity contribution is 7.91. The van der Waals surface area contributed by atoms with Crippen LogP contribution in [0.4, 0.5) is 13.2 Å². The number of piperazine rings is 1. The molecule has 2 fully saturated rings. The van der Waals surface area contributed by atoms with Crippen LogP contribution in [0, 0.1) is 0 Å². The highest BCUT2D eigenvalue weighted by Crippen LogP contribution is 2.29. The van der Waals surface area contributed by atoms with Crippen LogP contribution in [-0.4, -0.2) is 76.9 Å². The van der Waals surface area contributed by atoms with Crippen molar-refractivity contribution in [1.29, 1.82) is 0 Å². The van der Waals surface area contributed by atoms with Crippen molar-refractivity contribution in [2.75, 3.05) is 24.6 Å². The number of carbonyl (C=O) groups excluding carboxylic acids is 1. The first kappa shape index (κ1) is 21.0. The van der Waals surface area contributed by atoms with Crippen molar-refractivity contribution in [3.05, 3.63) is 18.2 Å². The maximum Gasteiger partial charge on any atom is 0.389 e. The molecule has 0 unspecified atom stereocenters. The number of halogens is 4. The van der Waals surface area contributed by atoms with Gasteiger partial charge in [0.15, 0.2) is 9.84 Å². The number of fused-ring (bicyclic) bond motifs is 1. The van der Waals surface area contributed by atoms with Crippen LogP contribution < -0.4 is 0 Å². The third kappa shape index (κ3) is 4.89. The first-order valence-corrected chi connectivity index (χ1v) is 9.76. The Morgan fingerprint density at radius 2 is 1.96 bits per heavy atom. The van der Waals surface area contributed by atoms with Crippen molar-refractivity contribution < 1.29 is 26.4 Å². The molecule has 7 nitrogen and oxygen atoms in total. The van der Waals surface area contributed by atoms with Crippen molar-refractivity contribution in [2.45, 2.75) is 37.6 Å². The molecule has 0 aromatic carbocycles. The van der Waals surface area contributed by atoms with Gasteiger partial charge in [0.2, 0.25) is 5.91 Å². The van der Waals surface area contributed by atoms with Crippen molar-refractivity contribution >= 4 is 28.2 Å². The van der Waals surface area contributed by atoms with Crippen LogP contribution in [0.5, 0.6) is 0 Å². The van der Waals surface area contributed by atoms with Gasteiger partial charge in [0.1, 0.15) is 5.82 Å². The predicted molar refractivity (Wildman–Crippen MR) is 89.5 cm³/mol. The second-order valence-electron chi connectivity index (χ2n) is 6.42. The highest BCUT2D eigenvalue weighted by Gasteiger charge is 2.48. The summed E-state index contributed by atoms with van der Waals surface area (Å²) in [4.78, 5) is 22.5. The van der Waals surface area contributed by atoms with Crippen LogP contribution in [0.3, 0.4) is 0 Å². The molecule has 0 spiro atoms. The fraction of sp³-hybridized carbons (Fsp3) is 0.714. The molecule has 0 radical (unpaired) electrons. The van der Waals surface area contributed by atoms with Gasteiger partial charge in [-0.25, -0.2) is 13.4 Å². The Labute approximate surface area is 155 Å². The van der Waals surface area contributed by atoms with Crippen LogP contribution in [0.25, 0.3) is 0 Å². The average Bonchev–Trinajstić information content (AvgIpc) is 3.10. The Kier molecular flexibility index (Phi) is 6.24. The standard InChI is InChI=1S/C14H19F3N4O3S.ClH/c15-14(16,17)2-1-13(22)21-6-5-20(7-12-18-3-4-19-12)10-8-25(23,24)9-11(10)21;/h3-4,10-11H,1-2,5-9H2,(H,18,19);1H/t10-,11+;/m1./s1. The second kappa shape index (κ2) is 7.73. The molecule has 0 aliphatic carbocycles. The fourth-order valence-electron chi connectivity index (χ4n) is 3.50. The lowest BCUT2D eigenvalue weighted by molar-refractivity contribution is -0.152. The molecule has 0 saturated carbocycles. The van der Waals surface area contributed by atoms with E-state index in [9.17, 15) is 26.4 Å². The number of amides is 1. The van der Waals surface area contributed by atoms with E-state index in [-0.39, 0.29) is 30.5 Å². The zero-order chi connectivity index (χ0) is 18.2. The lowest BCUT2D eigenvalue weighted by atomic mass is 10.0. The number of hydrogen-bond donors (Lipinski definition) is 1. The number of rotatable bonds is 4. The van der Waals surface area contributed by atoms with Crippen molar-refractivity contribution in [3.8, 4) is 0 Å². The molecule has 2 aliphatic heterocycles. The first-order valence-electron chi connectivity index (χ1n) is 7.93. The molecule has 1 aromatic rings. The predicted octanol–water partition coefficient (Wildman–Crippen LogP) is 0.984. The SMILES string of the molecule is Cl.O=C(CCC(F)(F)F)N1CCN(Cc2ncc[nH]2)[C@@H]2CS(=O)(=O)C[C@@H]21. The first-order chi connectivity index (χ1) is 11.6. The topological polar surface area (TPSA) is 86.4 Å². The molecular weight excluding hydrogens is 397 g/mol. The lowest BCUT2D eigenvalue weighted by Crippen LogP contribution is -2.60. The van der Waals surface area contributed by atoms with Gasteiger partial charge >= 0.3 is 6.18 Å². The number of alkyl halides is 3. The maximum absolute atomic E-state index is 12.4. The van der Waals surface area contributed by atoms with E-state index in [2.05, 4.69) is 9.97 Å². The Hall–Kier alpha value is -1.33. The zero-order valence-corrected chi connectivity index (χ0v) is 15.4. The van der Waals surface area contributed by atoms with E-state index in [1.165, 1.54) is 4.90 Å². The molecule has 26 heavy (non-hydrogen) atoms. The Morgan fingerprint density at radius 1 is 1.27 bits per heavy atom. The maximum atomic E-state index is 12.4. The third-order valence-corrected chi connectivity index (χ3v) is 6.34. The van der Waals surface area contributed by atoms with Gasteiger partial charge in [0, 0.05) is 37.9 Å². The van der Waals surface area contributed by atoms with Gasteiger partial charge < -0.3 is 9.88 Å². The van der Waals surface area contributed by atoms with Gasteiger partial charge in [-0.05, 0) is 0 Å². The van der Waals surface area contributed by atoms with Gasteiger partial charge in [-0.3, -0.25) is 9.69 Å². The number of nitrogens with zero attached hydrogens (tertiary/aromatic N) is 3. The molecule has 2 saturated heterocycles. The summed E-state index contributed by atoms with van der Waals surface area (Å²) in [7, 11) is -3.34. The molecule has 0 bridgehead atoms. The van der Waals surface area contributed by atoms with Gasteiger partial charge in [-0.1, -0.05) is 0 Å². The van der Waals surface area contributed by atoms with E-state index in [1.54, 1.807) is 12.4 Å². The van der Waals surface area contributed by atoms with Crippen molar-refractivity contribution in [1.82, 2.24) is 19.8 Å². The zero-order valence-electron chi connectivity index (χ0n) is 13.8. The van der Waals surface area contributed by atoms with E-state index in [1.807, 2.05) is 4.90 Å².